The molecule has 0 aliphatic rings. The normalized spacial score (nSPS) is 10.6. The van der Waals surface area contributed by atoms with Gasteiger partial charge < -0.3 is 10.1 Å². The lowest BCUT2D eigenvalue weighted by Crippen LogP contribution is -2.24. The Kier molecular flexibility index (Phi) is 6.41. The summed E-state index contributed by atoms with van der Waals surface area (Å²) in [7, 11) is 1.47. The molecule has 5 nitrogen and oxygen atoms in total. The van der Waals surface area contributed by atoms with Gasteiger partial charge in [0.05, 0.1) is 17.9 Å². The van der Waals surface area contributed by atoms with Crippen LogP contribution in [0.3, 0.4) is 0 Å². The Labute approximate surface area is 166 Å². The number of methoxy groups -OCH3 is 1. The predicted molar refractivity (Wildman–Crippen MR) is 103 cm³/mol. The number of rotatable bonds is 7. The molecule has 0 saturated carbocycles. The molecule has 0 unspecified atom stereocenters. The zero-order valence-corrected chi connectivity index (χ0v) is 15.6. The number of pyridine rings is 1. The molecule has 2 aromatic carbocycles. The van der Waals surface area contributed by atoms with Gasteiger partial charge in [0.25, 0.3) is 5.91 Å². The summed E-state index contributed by atoms with van der Waals surface area (Å²) in [6.45, 7) is 0.169. The van der Waals surface area contributed by atoms with Crippen molar-refractivity contribution < 1.29 is 23.1 Å². The van der Waals surface area contributed by atoms with Gasteiger partial charge in [-0.05, 0) is 42.0 Å². The van der Waals surface area contributed by atoms with E-state index in [1.807, 2.05) is 0 Å². The number of nitrogens with zero attached hydrogens (tertiary/aromatic N) is 1. The summed E-state index contributed by atoms with van der Waals surface area (Å²) in [5, 5.41) is 2.58. The second-order valence-electron chi connectivity index (χ2n) is 6.30. The van der Waals surface area contributed by atoms with Gasteiger partial charge in [-0.25, -0.2) is 8.78 Å². The number of aromatic nitrogens is 1. The van der Waals surface area contributed by atoms with E-state index in [2.05, 4.69) is 10.3 Å². The highest BCUT2D eigenvalue weighted by Crippen LogP contribution is 2.23. The van der Waals surface area contributed by atoms with Gasteiger partial charge in [-0.2, -0.15) is 0 Å². The number of aldehydes is 1. The number of carbonyl (C=O) groups is 2. The minimum absolute atomic E-state index is 0.0237. The molecule has 1 heterocycles. The highest BCUT2D eigenvalue weighted by Gasteiger charge is 2.15. The van der Waals surface area contributed by atoms with Crippen LogP contribution in [0.15, 0.2) is 54.7 Å². The molecule has 0 aliphatic carbocycles. The summed E-state index contributed by atoms with van der Waals surface area (Å²) in [4.78, 5) is 27.8. The van der Waals surface area contributed by atoms with Gasteiger partial charge in [-0.1, -0.05) is 12.1 Å². The van der Waals surface area contributed by atoms with Gasteiger partial charge in [0.15, 0.2) is 6.29 Å². The summed E-state index contributed by atoms with van der Waals surface area (Å²) in [6.07, 6.45) is 2.15. The van der Waals surface area contributed by atoms with Crippen LogP contribution >= 0.6 is 0 Å². The van der Waals surface area contributed by atoms with Crippen LogP contribution in [0.1, 0.15) is 31.8 Å². The monoisotopic (exact) mass is 396 g/mol. The van der Waals surface area contributed by atoms with E-state index >= 15 is 0 Å². The van der Waals surface area contributed by atoms with Gasteiger partial charge in [0.2, 0.25) is 0 Å². The first-order valence-corrected chi connectivity index (χ1v) is 8.78. The van der Waals surface area contributed by atoms with Crippen LogP contribution in [-0.4, -0.2) is 24.3 Å². The van der Waals surface area contributed by atoms with Gasteiger partial charge in [-0.15, -0.1) is 0 Å². The zero-order valence-electron chi connectivity index (χ0n) is 15.6. The van der Waals surface area contributed by atoms with Crippen molar-refractivity contribution in [1.82, 2.24) is 10.3 Å². The maximum absolute atomic E-state index is 14.2. The van der Waals surface area contributed by atoms with Crippen molar-refractivity contribution in [3.05, 3.63) is 88.6 Å². The first kappa shape index (κ1) is 20.3. The maximum Gasteiger partial charge on any atom is 0.254 e. The molecule has 0 bridgehead atoms. The van der Waals surface area contributed by atoms with E-state index in [9.17, 15) is 18.4 Å². The van der Waals surface area contributed by atoms with E-state index in [-0.39, 0.29) is 18.7 Å². The zero-order chi connectivity index (χ0) is 20.8. The molecule has 1 amide bonds. The average molecular weight is 396 g/mol. The van der Waals surface area contributed by atoms with Crippen LogP contribution in [0.4, 0.5) is 8.78 Å². The Hall–Kier alpha value is -3.45. The lowest BCUT2D eigenvalue weighted by Gasteiger charge is -2.10. The fourth-order valence-electron chi connectivity index (χ4n) is 2.85. The number of ether oxygens (including phenoxy) is 1. The van der Waals surface area contributed by atoms with Gasteiger partial charge in [0.1, 0.15) is 11.6 Å². The van der Waals surface area contributed by atoms with Crippen LogP contribution < -0.4 is 5.32 Å². The van der Waals surface area contributed by atoms with Gasteiger partial charge >= 0.3 is 0 Å². The van der Waals surface area contributed by atoms with Crippen molar-refractivity contribution in [3.8, 4) is 11.3 Å². The molecule has 0 atom stereocenters. The fourth-order valence-corrected chi connectivity index (χ4v) is 2.85. The van der Waals surface area contributed by atoms with E-state index in [0.717, 1.165) is 6.07 Å². The third kappa shape index (κ3) is 4.70. The smallest absolute Gasteiger partial charge is 0.254 e. The minimum Gasteiger partial charge on any atom is -0.380 e. The lowest BCUT2D eigenvalue weighted by molar-refractivity contribution is 0.0946. The lowest BCUT2D eigenvalue weighted by atomic mass is 10.0. The van der Waals surface area contributed by atoms with Crippen molar-refractivity contribution in [2.45, 2.75) is 13.2 Å². The molecule has 1 N–H and O–H groups in total. The number of hydrogen-bond acceptors (Lipinski definition) is 4. The molecule has 0 radical (unpaired) electrons. The van der Waals surface area contributed by atoms with Crippen molar-refractivity contribution >= 4 is 12.2 Å². The van der Waals surface area contributed by atoms with E-state index in [4.69, 9.17) is 4.74 Å². The van der Waals surface area contributed by atoms with Crippen molar-refractivity contribution in [2.75, 3.05) is 7.11 Å². The SMILES string of the molecule is COCc1ccc(CNC(=O)c2cc(-c3ncccc3C=O)ccc2F)cc1F. The topological polar surface area (TPSA) is 68.3 Å². The number of amides is 1. The Morgan fingerprint density at radius 1 is 1.14 bits per heavy atom. The fraction of sp³-hybridized carbons (Fsp3) is 0.136. The van der Waals surface area contributed by atoms with Crippen molar-refractivity contribution in [3.63, 3.8) is 0 Å². The van der Waals surface area contributed by atoms with Gasteiger partial charge in [-0.3, -0.25) is 14.6 Å². The van der Waals surface area contributed by atoms with Crippen LogP contribution in [0.5, 0.6) is 0 Å². The molecule has 3 aromatic rings. The second kappa shape index (κ2) is 9.16. The summed E-state index contributed by atoms with van der Waals surface area (Å²) < 4.78 is 33.1. The van der Waals surface area contributed by atoms with Crippen molar-refractivity contribution in [2.24, 2.45) is 0 Å². The molecule has 0 aliphatic heterocycles. The van der Waals surface area contributed by atoms with Crippen LogP contribution in [-0.2, 0) is 17.9 Å². The molecule has 1 aromatic heterocycles. The van der Waals surface area contributed by atoms with Gasteiger partial charge in [0, 0.05) is 36.5 Å². The average Bonchev–Trinajstić information content (AvgIpc) is 2.74. The summed E-state index contributed by atoms with van der Waals surface area (Å²) >= 11 is 0. The second-order valence-corrected chi connectivity index (χ2v) is 6.30. The summed E-state index contributed by atoms with van der Waals surface area (Å²) in [6, 6.07) is 11.7. The van der Waals surface area contributed by atoms with E-state index < -0.39 is 17.5 Å². The summed E-state index contributed by atoms with van der Waals surface area (Å²) in [5.41, 5.74) is 1.86. The number of hydrogen-bond donors (Lipinski definition) is 1. The quantitative estimate of drug-likeness (QED) is 0.615. The first-order chi connectivity index (χ1) is 14.0. The first-order valence-electron chi connectivity index (χ1n) is 8.78. The number of nitrogens with one attached hydrogen (secondary N) is 1. The number of halogens is 2. The van der Waals surface area contributed by atoms with Crippen LogP contribution in [0, 0.1) is 11.6 Å². The van der Waals surface area contributed by atoms with Crippen molar-refractivity contribution in [1.29, 1.82) is 0 Å². The largest absolute Gasteiger partial charge is 0.380 e. The molecule has 0 saturated heterocycles. The Bertz CT molecular complexity index is 1050. The molecule has 0 spiro atoms. The third-order valence-electron chi connectivity index (χ3n) is 4.32. The highest BCUT2D eigenvalue weighted by molar-refractivity contribution is 5.96. The van der Waals surface area contributed by atoms with E-state index in [1.54, 1.807) is 24.3 Å². The number of benzene rings is 2. The maximum atomic E-state index is 14.2. The Balaban J connectivity index is 1.79. The minimum atomic E-state index is -0.712. The Morgan fingerprint density at radius 3 is 2.69 bits per heavy atom. The Morgan fingerprint density at radius 2 is 1.97 bits per heavy atom. The molecular formula is C22H18F2N2O3. The van der Waals surface area contributed by atoms with Crippen LogP contribution in [0.2, 0.25) is 0 Å². The molecule has 148 valence electrons. The number of carbonyl (C=O) groups excluding carboxylic acids is 2. The summed E-state index contributed by atoms with van der Waals surface area (Å²) in [5.74, 6) is -1.81. The molecular weight excluding hydrogens is 378 g/mol. The predicted octanol–water partition coefficient (Wildman–Crippen LogP) is 3.92. The molecule has 7 heteroatoms. The highest BCUT2D eigenvalue weighted by atomic mass is 19.1. The van der Waals surface area contributed by atoms with E-state index in [1.165, 1.54) is 31.5 Å². The molecule has 0 fully saturated rings. The van der Waals surface area contributed by atoms with Crippen LogP contribution in [0.25, 0.3) is 11.3 Å². The third-order valence-corrected chi connectivity index (χ3v) is 4.32. The van der Waals surface area contributed by atoms with E-state index in [0.29, 0.717) is 34.2 Å². The molecule has 29 heavy (non-hydrogen) atoms. The standard InChI is InChI=1S/C22H18F2N2O3/c1-29-13-17-5-4-14(9-20(17)24)11-26-22(28)18-10-15(6-7-19(18)23)21-16(12-27)3-2-8-25-21/h2-10,12H,11,13H2,1H3,(H,26,28). The molecule has 3 rings (SSSR count).